The van der Waals surface area contributed by atoms with Crippen LogP contribution >= 0.6 is 0 Å². The molecule has 104 valence electrons. The van der Waals surface area contributed by atoms with Crippen molar-refractivity contribution in [2.75, 3.05) is 0 Å². The first-order valence-electron chi connectivity index (χ1n) is 2.03. The Morgan fingerprint density at radius 3 is 0.667 bits per heavy atom. The van der Waals surface area contributed by atoms with E-state index in [2.05, 4.69) is 0 Å². The SMILES string of the molecule is O=S(=O)(O)O.O=S(=O)([O-])[O-].O=S(=O)([O-])[O-].[K+].[Na+].[Ni+2]. The van der Waals surface area contributed by atoms with Gasteiger partial charge in [-0.15, -0.1) is 0 Å². The molecule has 0 aromatic heterocycles. The summed E-state index contributed by atoms with van der Waals surface area (Å²) < 4.78 is 99.7. The molecule has 12 nitrogen and oxygen atoms in total. The van der Waals surface area contributed by atoms with Gasteiger partial charge in [0, 0.05) is 20.8 Å². The van der Waals surface area contributed by atoms with Crippen LogP contribution < -0.4 is 80.9 Å². The summed E-state index contributed by atoms with van der Waals surface area (Å²) in [6.45, 7) is 0. The fourth-order valence-electron chi connectivity index (χ4n) is 0. The Hall–Kier alpha value is 2.74. The van der Waals surface area contributed by atoms with Crippen LogP contribution in [0.2, 0.25) is 0 Å². The first kappa shape index (κ1) is 37.2. The number of hydrogen-bond acceptors (Lipinski definition) is 10. The van der Waals surface area contributed by atoms with Crippen molar-refractivity contribution >= 4 is 31.2 Å². The molecular formula is H2KNaNiO12S3. The van der Waals surface area contributed by atoms with Gasteiger partial charge in [-0.2, -0.15) is 8.42 Å². The van der Waals surface area contributed by atoms with E-state index >= 15 is 0 Å². The van der Waals surface area contributed by atoms with Crippen LogP contribution in [0.5, 0.6) is 0 Å². The van der Waals surface area contributed by atoms with Crippen molar-refractivity contribution < 1.29 is 150 Å². The molecule has 0 heterocycles. The van der Waals surface area contributed by atoms with Crippen LogP contribution in [0.25, 0.3) is 0 Å². The summed E-state index contributed by atoms with van der Waals surface area (Å²) in [5.41, 5.74) is 0. The Morgan fingerprint density at radius 2 is 0.667 bits per heavy atom. The van der Waals surface area contributed by atoms with Gasteiger partial charge in [-0.05, 0) is 0 Å². The van der Waals surface area contributed by atoms with Crippen molar-refractivity contribution in [1.29, 1.82) is 0 Å². The van der Waals surface area contributed by atoms with Gasteiger partial charge in [0.25, 0.3) is 0 Å². The smallest absolute Gasteiger partial charge is 0.759 e. The summed E-state index contributed by atoms with van der Waals surface area (Å²) in [7, 11) is -15.0. The van der Waals surface area contributed by atoms with E-state index in [0.717, 1.165) is 0 Å². The fourth-order valence-corrected chi connectivity index (χ4v) is 0. The van der Waals surface area contributed by atoms with Crippen molar-refractivity contribution in [2.45, 2.75) is 0 Å². The minimum absolute atomic E-state index is 0. The van der Waals surface area contributed by atoms with Crippen molar-refractivity contribution in [3.8, 4) is 0 Å². The minimum atomic E-state index is -5.17. The van der Waals surface area contributed by atoms with E-state index in [0.29, 0.717) is 0 Å². The summed E-state index contributed by atoms with van der Waals surface area (Å²) in [6, 6.07) is 0. The van der Waals surface area contributed by atoms with Crippen LogP contribution in [-0.2, 0) is 47.7 Å². The topological polar surface area (TPSA) is 235 Å². The van der Waals surface area contributed by atoms with Crippen molar-refractivity contribution in [3.05, 3.63) is 0 Å². The first-order chi connectivity index (χ1) is 6.00. The van der Waals surface area contributed by atoms with Crippen molar-refractivity contribution in [1.82, 2.24) is 0 Å². The third kappa shape index (κ3) is 786. The zero-order valence-corrected chi connectivity index (χ0v) is 17.1. The molecule has 0 spiro atoms. The Bertz CT molecular complexity index is 348. The molecule has 0 amide bonds. The van der Waals surface area contributed by atoms with Gasteiger partial charge in [0.2, 0.25) is 0 Å². The second kappa shape index (κ2) is 16.1. The van der Waals surface area contributed by atoms with Crippen LogP contribution in [0.15, 0.2) is 0 Å². The molecule has 0 saturated carbocycles. The number of hydrogen-bond donors (Lipinski definition) is 2. The minimum Gasteiger partial charge on any atom is -0.759 e. The molecule has 18 heavy (non-hydrogen) atoms. The average Bonchev–Trinajstić information content (AvgIpc) is 1.41. The first-order valence-corrected chi connectivity index (χ1v) is 6.10. The second-order valence-corrected chi connectivity index (χ2v) is 3.79. The van der Waals surface area contributed by atoms with Crippen LogP contribution in [-0.4, -0.2) is 52.6 Å². The Morgan fingerprint density at radius 1 is 0.667 bits per heavy atom. The van der Waals surface area contributed by atoms with Gasteiger partial charge in [0.15, 0.2) is 0 Å². The van der Waals surface area contributed by atoms with E-state index in [-0.39, 0.29) is 97.4 Å². The second-order valence-electron chi connectivity index (χ2n) is 1.26. The normalized spacial score (nSPS) is 9.67. The largest absolute Gasteiger partial charge is 2.00 e. The molecule has 0 radical (unpaired) electrons. The third-order valence-electron chi connectivity index (χ3n) is 0. The Labute approximate surface area is 178 Å². The summed E-state index contributed by atoms with van der Waals surface area (Å²) in [6.07, 6.45) is 0. The molecule has 0 saturated heterocycles. The van der Waals surface area contributed by atoms with E-state index in [9.17, 15) is 0 Å². The van der Waals surface area contributed by atoms with Gasteiger partial charge >= 0.3 is 108 Å². The average molecular weight is 411 g/mol. The summed E-state index contributed by atoms with van der Waals surface area (Å²) in [5.74, 6) is 0. The van der Waals surface area contributed by atoms with Crippen molar-refractivity contribution in [3.63, 3.8) is 0 Å². The van der Waals surface area contributed by atoms with Gasteiger partial charge in [-0.1, -0.05) is 0 Å². The third-order valence-corrected chi connectivity index (χ3v) is 0. The fraction of sp³-hybridized carbons (Fsp3) is 0. The summed E-state index contributed by atoms with van der Waals surface area (Å²) in [4.78, 5) is 0. The van der Waals surface area contributed by atoms with Crippen LogP contribution in [0.3, 0.4) is 0 Å². The van der Waals surface area contributed by atoms with E-state index in [1.807, 2.05) is 0 Å². The molecule has 0 aliphatic heterocycles. The van der Waals surface area contributed by atoms with Crippen LogP contribution in [0, 0.1) is 0 Å². The maximum absolute atomic E-state index is 8.74. The van der Waals surface area contributed by atoms with Gasteiger partial charge in [-0.3, -0.25) is 25.9 Å². The maximum atomic E-state index is 8.74. The predicted octanol–water partition coefficient (Wildman–Crippen LogP) is -9.32. The standard InChI is InChI=1S/K.Na.Ni.3H2O4S/c;;;3*1-5(2,3)4/h;;;3*(H2,1,2,3,4)/q2*+1;+2;;;/p-4. The van der Waals surface area contributed by atoms with Gasteiger partial charge in [-0.25, -0.2) is 0 Å². The molecule has 0 aromatic carbocycles. The quantitative estimate of drug-likeness (QED) is 0.215. The maximum Gasteiger partial charge on any atom is 2.00 e. The number of rotatable bonds is 0. The molecule has 0 aliphatic carbocycles. The van der Waals surface area contributed by atoms with Gasteiger partial charge in [0.05, 0.1) is 0 Å². The van der Waals surface area contributed by atoms with Crippen molar-refractivity contribution in [2.24, 2.45) is 0 Å². The molecule has 0 unspecified atom stereocenters. The summed E-state index contributed by atoms with van der Waals surface area (Å²) >= 11 is 0. The molecule has 0 bridgehead atoms. The zero-order chi connectivity index (χ0) is 13.5. The Kier molecular flexibility index (Phi) is 33.3. The van der Waals surface area contributed by atoms with Crippen LogP contribution in [0.4, 0.5) is 0 Å². The Balaban J connectivity index is -0.0000000277. The molecule has 0 atom stereocenters. The molecule has 0 fully saturated rings. The van der Waals surface area contributed by atoms with Gasteiger partial charge in [0.1, 0.15) is 0 Å². The molecule has 0 aliphatic rings. The molecule has 2 N–H and O–H groups in total. The monoisotopic (exact) mass is 410 g/mol. The van der Waals surface area contributed by atoms with Crippen LogP contribution in [0.1, 0.15) is 0 Å². The predicted molar refractivity (Wildman–Crippen MR) is 35.1 cm³/mol. The van der Waals surface area contributed by atoms with E-state index in [4.69, 9.17) is 52.6 Å². The molecule has 18 heteroatoms. The molecule has 0 aromatic rings. The van der Waals surface area contributed by atoms with E-state index < -0.39 is 31.2 Å². The van der Waals surface area contributed by atoms with E-state index in [1.165, 1.54) is 0 Å². The van der Waals surface area contributed by atoms with Gasteiger partial charge < -0.3 is 18.2 Å². The zero-order valence-electron chi connectivity index (χ0n) is 8.52. The van der Waals surface area contributed by atoms with E-state index in [1.54, 1.807) is 0 Å². The molecule has 0 rings (SSSR count). The summed E-state index contributed by atoms with van der Waals surface area (Å²) in [5, 5.41) is 0. The molecular weight excluding hydrogens is 409 g/mol.